The average molecular weight is 370 g/mol. The maximum absolute atomic E-state index is 12.7. The van der Waals surface area contributed by atoms with Gasteiger partial charge in [0.05, 0.1) is 24.2 Å². The minimum atomic E-state index is -1.96. The van der Waals surface area contributed by atoms with Gasteiger partial charge in [-0.05, 0) is 37.1 Å². The van der Waals surface area contributed by atoms with E-state index >= 15 is 0 Å². The fraction of sp³-hybridized carbons (Fsp3) is 0.647. The number of carbonyl (C=O) groups is 1. The normalized spacial score (nSPS) is 14.5. The van der Waals surface area contributed by atoms with Gasteiger partial charge in [-0.2, -0.15) is 0 Å². The number of nitrogens with zero attached hydrogens (tertiary/aromatic N) is 2. The van der Waals surface area contributed by atoms with E-state index in [2.05, 4.69) is 48.5 Å². The highest BCUT2D eigenvalue weighted by atomic mass is 32.2. The van der Waals surface area contributed by atoms with Crippen LogP contribution in [0.4, 0.5) is 5.82 Å². The Morgan fingerprint density at radius 2 is 1.83 bits per heavy atom. The summed E-state index contributed by atoms with van der Waals surface area (Å²) in [6.45, 7) is 17.0. The summed E-state index contributed by atoms with van der Waals surface area (Å²) in [5.41, 5.74) is -0.373. The van der Waals surface area contributed by atoms with E-state index < -0.39 is 18.7 Å². The first-order valence-electron chi connectivity index (χ1n) is 8.18. The second-order valence-corrected chi connectivity index (χ2v) is 15.4. The molecule has 0 spiro atoms. The van der Waals surface area contributed by atoms with Crippen LogP contribution in [0, 0.1) is 0 Å². The molecule has 0 fully saturated rings. The Balaban J connectivity index is 3.07. The smallest absolute Gasteiger partial charge is 0.222 e. The third-order valence-corrected chi connectivity index (χ3v) is 11.7. The molecule has 0 aliphatic heterocycles. The van der Waals surface area contributed by atoms with Gasteiger partial charge in [-0.15, -0.1) is 0 Å². The molecule has 0 aromatic carbocycles. The molecule has 1 aromatic rings. The molecule has 1 aromatic heterocycles. The predicted octanol–water partition coefficient (Wildman–Crippen LogP) is 4.35. The number of pyridine rings is 1. The first kappa shape index (κ1) is 20.8. The summed E-state index contributed by atoms with van der Waals surface area (Å²) >= 11 is 0. The average Bonchev–Trinajstić information content (AvgIpc) is 2.34. The van der Waals surface area contributed by atoms with Crippen LogP contribution in [-0.2, 0) is 15.4 Å². The summed E-state index contributed by atoms with van der Waals surface area (Å²) < 4.78 is 17.2. The van der Waals surface area contributed by atoms with Crippen LogP contribution in [0.15, 0.2) is 27.6 Å². The summed E-state index contributed by atoms with van der Waals surface area (Å²) in [5.74, 6) is 0.200. The van der Waals surface area contributed by atoms with Crippen molar-refractivity contribution >= 4 is 30.4 Å². The minimum Gasteiger partial charge on any atom is -0.311 e. The first-order chi connectivity index (χ1) is 10.7. The Morgan fingerprint density at radius 1 is 1.25 bits per heavy atom. The van der Waals surface area contributed by atoms with Crippen LogP contribution in [0.5, 0.6) is 0 Å². The lowest BCUT2D eigenvalue weighted by Gasteiger charge is -2.41. The summed E-state index contributed by atoms with van der Waals surface area (Å²) in [5, 5.41) is 3.27. The maximum atomic E-state index is 12.7. The van der Waals surface area contributed by atoms with Gasteiger partial charge in [-0.1, -0.05) is 39.9 Å². The highest BCUT2D eigenvalue weighted by Gasteiger charge is 2.39. The number of hydrogen-bond acceptors (Lipinski definition) is 4. The van der Waals surface area contributed by atoms with Gasteiger partial charge in [0.15, 0.2) is 0 Å². The molecule has 1 atom stereocenters. The maximum Gasteiger partial charge on any atom is 0.222 e. The molecular weight excluding hydrogens is 338 g/mol. The highest BCUT2D eigenvalue weighted by molar-refractivity contribution is 7.74. The van der Waals surface area contributed by atoms with Crippen LogP contribution in [0.1, 0.15) is 41.5 Å². The summed E-state index contributed by atoms with van der Waals surface area (Å²) in [6.07, 6.45) is 0. The number of thiol groups is 1. The third kappa shape index (κ3) is 6.01. The Morgan fingerprint density at radius 3 is 2.33 bits per heavy atom. The number of hydrogen-bond donors (Lipinski definition) is 2. The molecule has 1 rings (SSSR count). The molecule has 24 heavy (non-hydrogen) atoms. The lowest BCUT2D eigenvalue weighted by atomic mass is 10.1. The predicted molar refractivity (Wildman–Crippen MR) is 105 cm³/mol. The summed E-state index contributed by atoms with van der Waals surface area (Å²) in [7, 11) is -3.50. The lowest BCUT2D eigenvalue weighted by molar-refractivity contribution is -0.114. The molecule has 1 heterocycles. The minimum absolute atomic E-state index is 0.204. The largest absolute Gasteiger partial charge is 0.311 e. The Kier molecular flexibility index (Phi) is 6.38. The molecule has 0 saturated heterocycles. The number of aromatic nitrogens is 1. The number of nitrogens with one attached hydrogen (secondary N) is 1. The summed E-state index contributed by atoms with van der Waals surface area (Å²) in [6, 6.07) is 6.05. The quantitative estimate of drug-likeness (QED) is 0.599. The van der Waals surface area contributed by atoms with Gasteiger partial charge >= 0.3 is 0 Å². The topological polar surface area (TPSA) is 71.4 Å². The van der Waals surface area contributed by atoms with Crippen LogP contribution in [0.2, 0.25) is 24.2 Å². The van der Waals surface area contributed by atoms with Gasteiger partial charge in [0, 0.05) is 6.92 Å². The lowest BCUT2D eigenvalue weighted by Crippen LogP contribution is -2.42. The molecule has 5 nitrogen and oxygen atoms in total. The first-order valence-corrected chi connectivity index (χ1v) is 12.6. The second-order valence-electron chi connectivity index (χ2n) is 8.56. The Bertz CT molecular complexity index is 687. The number of rotatable bonds is 5. The fourth-order valence-corrected chi connectivity index (χ4v) is 6.44. The molecule has 0 aliphatic rings. The van der Waals surface area contributed by atoms with Gasteiger partial charge in [0.25, 0.3) is 0 Å². The molecule has 7 heteroatoms. The van der Waals surface area contributed by atoms with E-state index in [0.29, 0.717) is 10.8 Å². The van der Waals surface area contributed by atoms with Crippen LogP contribution in [-0.4, -0.2) is 28.7 Å². The highest BCUT2D eigenvalue weighted by Crippen LogP contribution is 2.42. The van der Waals surface area contributed by atoms with Gasteiger partial charge in [0.1, 0.15) is 10.8 Å². The standard InChI is InChI=1S/C17H31N3O2SSi/c1-13(21)18-14-10-9-11-15(19-14)23(22)20-17(5,6)12-24(7,8)16(2,3)4/h9-11,23H,12H2,1-8H3,(H,18,19,21). The molecule has 0 radical (unpaired) electrons. The van der Waals surface area contributed by atoms with E-state index in [1.54, 1.807) is 18.2 Å². The van der Waals surface area contributed by atoms with Crippen molar-refractivity contribution in [2.45, 2.75) is 76.3 Å². The van der Waals surface area contributed by atoms with E-state index in [1.807, 2.05) is 13.8 Å². The van der Waals surface area contributed by atoms with Crippen LogP contribution in [0.3, 0.4) is 0 Å². The molecule has 1 unspecified atom stereocenters. The van der Waals surface area contributed by atoms with Crippen molar-refractivity contribution in [3.8, 4) is 0 Å². The zero-order chi connectivity index (χ0) is 18.8. The van der Waals surface area contributed by atoms with Crippen LogP contribution >= 0.6 is 0 Å². The molecule has 0 bridgehead atoms. The van der Waals surface area contributed by atoms with Crippen molar-refractivity contribution in [1.82, 2.24) is 4.98 Å². The molecule has 0 saturated carbocycles. The van der Waals surface area contributed by atoms with Crippen molar-refractivity contribution in [3.63, 3.8) is 0 Å². The van der Waals surface area contributed by atoms with Crippen LogP contribution in [0.25, 0.3) is 0 Å². The van der Waals surface area contributed by atoms with Gasteiger partial charge in [0.2, 0.25) is 5.91 Å². The Hall–Kier alpha value is -1.21. The summed E-state index contributed by atoms with van der Waals surface area (Å²) in [4.78, 5) is 15.4. The van der Waals surface area contributed by atoms with Gasteiger partial charge in [-0.25, -0.2) is 13.6 Å². The zero-order valence-electron chi connectivity index (χ0n) is 16.1. The molecule has 1 N–H and O–H groups in total. The molecule has 136 valence electrons. The van der Waals surface area contributed by atoms with Crippen molar-refractivity contribution in [2.75, 3.05) is 5.32 Å². The second kappa shape index (κ2) is 7.35. The van der Waals surface area contributed by atoms with Gasteiger partial charge < -0.3 is 5.32 Å². The van der Waals surface area contributed by atoms with E-state index in [4.69, 9.17) is 0 Å². The number of amides is 1. The van der Waals surface area contributed by atoms with Crippen molar-refractivity contribution in [3.05, 3.63) is 18.2 Å². The molecular formula is C17H31N3O2SSi. The van der Waals surface area contributed by atoms with Crippen LogP contribution < -0.4 is 5.32 Å². The number of anilines is 1. The van der Waals surface area contributed by atoms with Gasteiger partial charge in [-0.3, -0.25) is 4.79 Å². The fourth-order valence-electron chi connectivity index (χ4n) is 2.46. The number of carbonyl (C=O) groups excluding carboxylic acids is 1. The van der Waals surface area contributed by atoms with E-state index in [0.717, 1.165) is 6.04 Å². The van der Waals surface area contributed by atoms with E-state index in [1.165, 1.54) is 6.92 Å². The molecule has 0 aliphatic carbocycles. The molecule has 1 amide bonds. The SMILES string of the molecule is CC(=O)Nc1cccc(/[SH](=O)=N/C(C)(C)C[Si](C)(C)C(C)(C)C)n1. The van der Waals surface area contributed by atoms with E-state index in [9.17, 15) is 9.00 Å². The van der Waals surface area contributed by atoms with Crippen molar-refractivity contribution in [2.24, 2.45) is 4.36 Å². The van der Waals surface area contributed by atoms with E-state index in [-0.39, 0.29) is 16.5 Å². The van der Waals surface area contributed by atoms with Crippen molar-refractivity contribution < 1.29 is 9.00 Å². The zero-order valence-corrected chi connectivity index (χ0v) is 18.0. The third-order valence-electron chi connectivity index (χ3n) is 4.50. The Labute approximate surface area is 148 Å². The monoisotopic (exact) mass is 369 g/mol. The van der Waals surface area contributed by atoms with Crippen molar-refractivity contribution in [1.29, 1.82) is 0 Å².